The molecule has 4 rings (SSSR count). The van der Waals surface area contributed by atoms with Crippen LogP contribution in [0.15, 0.2) is 42.5 Å². The van der Waals surface area contributed by atoms with Crippen LogP contribution in [0.4, 0.5) is 17.6 Å². The van der Waals surface area contributed by atoms with E-state index >= 15 is 0 Å². The molecule has 2 aromatic rings. The minimum Gasteiger partial charge on any atom is -0.403 e. The summed E-state index contributed by atoms with van der Waals surface area (Å²) >= 11 is 0. The van der Waals surface area contributed by atoms with Crippen molar-refractivity contribution in [2.24, 2.45) is 17.8 Å². The van der Waals surface area contributed by atoms with E-state index in [1.165, 1.54) is 69.0 Å². The Kier molecular flexibility index (Phi) is 8.95. The molecule has 0 bridgehead atoms. The van der Waals surface area contributed by atoms with Gasteiger partial charge in [0.25, 0.3) is 0 Å². The summed E-state index contributed by atoms with van der Waals surface area (Å²) in [6.45, 7) is 2.33. The third-order valence-electron chi connectivity index (χ3n) is 8.19. The lowest BCUT2D eigenvalue weighted by Gasteiger charge is -2.37. The smallest absolute Gasteiger partial charge is 0.403 e. The molecule has 0 unspecified atom stereocenters. The molecule has 0 spiro atoms. The molecule has 1 nitrogen and oxygen atoms in total. The monoisotopic (exact) mass is 505 g/mol. The van der Waals surface area contributed by atoms with Gasteiger partial charge in [0.1, 0.15) is 0 Å². The summed E-state index contributed by atoms with van der Waals surface area (Å²) in [5, 5.41) is 0. The van der Waals surface area contributed by atoms with E-state index in [0.29, 0.717) is 5.56 Å². The average molecular weight is 506 g/mol. The number of aryl methyl sites for hydroxylation is 1. The Morgan fingerprint density at radius 3 is 2.09 bits per heavy atom. The van der Waals surface area contributed by atoms with Crippen LogP contribution in [0.3, 0.4) is 0 Å². The summed E-state index contributed by atoms with van der Waals surface area (Å²) in [5.74, 6) is 0.940. The number of rotatable bonds is 8. The van der Waals surface area contributed by atoms with Crippen molar-refractivity contribution in [2.45, 2.75) is 89.2 Å². The first-order valence-electron chi connectivity index (χ1n) is 13.3. The average Bonchev–Trinajstić information content (AvgIpc) is 2.85. The molecule has 2 aliphatic rings. The highest BCUT2D eigenvalue weighted by atomic mass is 28.3. The molecule has 6 heteroatoms. The lowest BCUT2D eigenvalue weighted by molar-refractivity contribution is -0.275. The molecule has 0 atom stereocenters. The molecule has 0 N–H and O–H groups in total. The maximum atomic E-state index is 14.0. The van der Waals surface area contributed by atoms with Gasteiger partial charge < -0.3 is 4.74 Å². The number of halogens is 4. The Labute approximate surface area is 208 Å². The van der Waals surface area contributed by atoms with Gasteiger partial charge in [-0.3, -0.25) is 0 Å². The molecule has 1 radical (unpaired) electrons. The lowest BCUT2D eigenvalue weighted by Crippen LogP contribution is -2.28. The number of ether oxygens (including phenoxy) is 1. The summed E-state index contributed by atoms with van der Waals surface area (Å²) in [6, 6.07) is 16.1. The van der Waals surface area contributed by atoms with Crippen LogP contribution in [-0.2, 0) is 6.42 Å². The number of hydrogen-bond acceptors (Lipinski definition) is 1. The molecular weight excluding hydrogens is 468 g/mol. The Morgan fingerprint density at radius 2 is 1.49 bits per heavy atom. The molecule has 1 saturated carbocycles. The molecule has 1 heterocycles. The number of benzene rings is 2. The highest BCUT2D eigenvalue weighted by molar-refractivity contribution is 6.58. The summed E-state index contributed by atoms with van der Waals surface area (Å²) in [6.07, 6.45) is 7.24. The molecule has 0 amide bonds. The predicted octanol–water partition coefficient (Wildman–Crippen LogP) is 9.45. The van der Waals surface area contributed by atoms with Crippen LogP contribution in [-0.4, -0.2) is 15.2 Å². The van der Waals surface area contributed by atoms with Crippen LogP contribution >= 0.6 is 0 Å². The van der Waals surface area contributed by atoms with Gasteiger partial charge in [0.2, 0.25) is 0 Å². The van der Waals surface area contributed by atoms with Gasteiger partial charge in [-0.25, -0.2) is 4.39 Å². The zero-order valence-electron chi connectivity index (χ0n) is 20.7. The van der Waals surface area contributed by atoms with Crippen molar-refractivity contribution in [3.05, 3.63) is 53.8 Å². The van der Waals surface area contributed by atoms with Crippen molar-refractivity contribution in [2.75, 3.05) is 0 Å². The van der Waals surface area contributed by atoms with Gasteiger partial charge in [-0.2, -0.15) is 0 Å². The molecule has 1 aliphatic carbocycles. The van der Waals surface area contributed by atoms with E-state index in [4.69, 9.17) is 0 Å². The Balaban J connectivity index is 1.22. The van der Waals surface area contributed by atoms with E-state index in [-0.39, 0.29) is 8.80 Å². The van der Waals surface area contributed by atoms with E-state index in [0.717, 1.165) is 41.9 Å². The van der Waals surface area contributed by atoms with E-state index < -0.39 is 17.9 Å². The van der Waals surface area contributed by atoms with Crippen LogP contribution in [0.1, 0.15) is 63.9 Å². The SMILES string of the molecule is CCC[Si]1CCC(C2CCC(CCc3ccc(-c4ccc(OC(F)(F)F)c(F)c4)cc3)CC2)CC1. The maximum Gasteiger partial charge on any atom is 0.573 e. The Bertz CT molecular complexity index is 927. The number of hydrogen-bond donors (Lipinski definition) is 0. The summed E-state index contributed by atoms with van der Waals surface area (Å²) in [5.41, 5.74) is 2.57. The van der Waals surface area contributed by atoms with Crippen molar-refractivity contribution >= 4 is 8.80 Å². The second-order valence-electron chi connectivity index (χ2n) is 10.5. The van der Waals surface area contributed by atoms with Crippen LogP contribution in [0, 0.1) is 23.6 Å². The minimum absolute atomic E-state index is 0.0151. The van der Waals surface area contributed by atoms with Gasteiger partial charge in [-0.1, -0.05) is 87.5 Å². The third kappa shape index (κ3) is 7.58. The lowest BCUT2D eigenvalue weighted by atomic mass is 9.73. The molecule has 2 aromatic carbocycles. The van der Waals surface area contributed by atoms with Crippen molar-refractivity contribution < 1.29 is 22.3 Å². The van der Waals surface area contributed by atoms with Crippen LogP contribution in [0.2, 0.25) is 18.1 Å². The fourth-order valence-electron chi connectivity index (χ4n) is 6.19. The van der Waals surface area contributed by atoms with Crippen molar-refractivity contribution in [1.82, 2.24) is 0 Å². The molecule has 1 aliphatic heterocycles. The van der Waals surface area contributed by atoms with Crippen LogP contribution in [0.5, 0.6) is 5.75 Å². The minimum atomic E-state index is -4.90. The quantitative estimate of drug-likeness (QED) is 0.256. The van der Waals surface area contributed by atoms with Gasteiger partial charge >= 0.3 is 6.36 Å². The first-order valence-corrected chi connectivity index (χ1v) is 15.4. The predicted molar refractivity (Wildman–Crippen MR) is 135 cm³/mol. The summed E-state index contributed by atoms with van der Waals surface area (Å²) < 4.78 is 54.8. The topological polar surface area (TPSA) is 9.23 Å². The molecule has 2 fully saturated rings. The fraction of sp³-hybridized carbons (Fsp3) is 0.586. The van der Waals surface area contributed by atoms with Crippen LogP contribution < -0.4 is 4.74 Å². The van der Waals surface area contributed by atoms with Crippen molar-refractivity contribution in [1.29, 1.82) is 0 Å². The molecular formula is C29H37F4OSi. The second kappa shape index (κ2) is 11.9. The van der Waals surface area contributed by atoms with Crippen molar-refractivity contribution in [3.63, 3.8) is 0 Å². The fourth-order valence-corrected chi connectivity index (χ4v) is 9.21. The van der Waals surface area contributed by atoms with Crippen LogP contribution in [0.25, 0.3) is 11.1 Å². The zero-order chi connectivity index (χ0) is 24.8. The van der Waals surface area contributed by atoms with Gasteiger partial charge in [0.05, 0.1) is 0 Å². The summed E-state index contributed by atoms with van der Waals surface area (Å²) in [7, 11) is -0.0151. The van der Waals surface area contributed by atoms with E-state index in [1.807, 2.05) is 12.1 Å². The maximum absolute atomic E-state index is 14.0. The first kappa shape index (κ1) is 26.2. The van der Waals surface area contributed by atoms with E-state index in [9.17, 15) is 17.6 Å². The molecule has 35 heavy (non-hydrogen) atoms. The zero-order valence-corrected chi connectivity index (χ0v) is 21.7. The molecule has 191 valence electrons. The van der Waals surface area contributed by atoms with Gasteiger partial charge in [-0.05, 0) is 72.3 Å². The molecule has 1 saturated heterocycles. The Hall–Kier alpha value is -1.82. The molecule has 0 aromatic heterocycles. The first-order chi connectivity index (χ1) is 16.8. The van der Waals surface area contributed by atoms with E-state index in [2.05, 4.69) is 23.8 Å². The normalized spacial score (nSPS) is 22.3. The van der Waals surface area contributed by atoms with Gasteiger partial charge in [0.15, 0.2) is 11.6 Å². The largest absolute Gasteiger partial charge is 0.573 e. The second-order valence-corrected chi connectivity index (χ2v) is 13.5. The highest BCUT2D eigenvalue weighted by Crippen LogP contribution is 2.42. The van der Waals surface area contributed by atoms with Gasteiger partial charge in [-0.15, -0.1) is 13.2 Å². The van der Waals surface area contributed by atoms with Gasteiger partial charge in [0, 0.05) is 8.80 Å². The third-order valence-corrected chi connectivity index (χ3v) is 11.4. The van der Waals surface area contributed by atoms with E-state index in [1.54, 1.807) is 12.1 Å². The highest BCUT2D eigenvalue weighted by Gasteiger charge is 2.33. The van der Waals surface area contributed by atoms with Crippen molar-refractivity contribution in [3.8, 4) is 16.9 Å². The standard InChI is InChI=1S/C29H37F4OSi/c1-2-17-35-18-15-25(16-19-35)23-9-5-21(6-10-23)3-4-22-7-11-24(12-8-22)26-13-14-28(27(30)20-26)34-29(31,32)33/h7-8,11-14,20-21,23,25H,2-6,9-10,15-19H2,1H3. The summed E-state index contributed by atoms with van der Waals surface area (Å²) in [4.78, 5) is 0. The Morgan fingerprint density at radius 1 is 0.857 bits per heavy atom. The number of alkyl halides is 3.